The number of thioether (sulfide) groups is 1. The Bertz CT molecular complexity index is 1910. The summed E-state index contributed by atoms with van der Waals surface area (Å²) >= 11 is 6.49. The molecule has 0 unspecified atom stereocenters. The van der Waals surface area contributed by atoms with Gasteiger partial charge in [0.1, 0.15) is 22.4 Å². The van der Waals surface area contributed by atoms with Gasteiger partial charge in [0.2, 0.25) is 5.91 Å². The molecular formula is C31H24FN5O4S2. The molecule has 4 aromatic rings. The molecule has 0 atom stereocenters. The van der Waals surface area contributed by atoms with Crippen LogP contribution in [0.5, 0.6) is 0 Å². The lowest BCUT2D eigenvalue weighted by Crippen LogP contribution is -2.36. The summed E-state index contributed by atoms with van der Waals surface area (Å²) in [5, 5.41) is 2.70. The molecule has 0 spiro atoms. The summed E-state index contributed by atoms with van der Waals surface area (Å²) in [6, 6.07) is 21.7. The summed E-state index contributed by atoms with van der Waals surface area (Å²) in [4.78, 5) is 56.8. The molecular weight excluding hydrogens is 590 g/mol. The van der Waals surface area contributed by atoms with Crippen LogP contribution in [0.3, 0.4) is 0 Å². The molecule has 1 aromatic heterocycles. The number of amides is 3. The number of fused-ring (bicyclic) bond motifs is 1. The zero-order valence-electron chi connectivity index (χ0n) is 23.0. The molecule has 1 N–H and O–H groups in total. The first-order valence-corrected chi connectivity index (χ1v) is 14.5. The van der Waals surface area contributed by atoms with Gasteiger partial charge in [0.05, 0.1) is 34.1 Å². The second-order valence-electron chi connectivity index (χ2n) is 9.98. The Morgan fingerprint density at radius 3 is 2.30 bits per heavy atom. The number of anilines is 2. The van der Waals surface area contributed by atoms with Crippen LogP contribution in [0.2, 0.25) is 0 Å². The van der Waals surface area contributed by atoms with E-state index in [4.69, 9.17) is 12.2 Å². The van der Waals surface area contributed by atoms with Crippen molar-refractivity contribution in [2.24, 2.45) is 7.05 Å². The quantitative estimate of drug-likeness (QED) is 0.256. The molecule has 2 aliphatic rings. The molecule has 43 heavy (non-hydrogen) atoms. The Morgan fingerprint density at radius 2 is 1.58 bits per heavy atom. The monoisotopic (exact) mass is 613 g/mol. The van der Waals surface area contributed by atoms with E-state index < -0.39 is 29.1 Å². The van der Waals surface area contributed by atoms with Gasteiger partial charge in [-0.05, 0) is 42.8 Å². The fourth-order valence-electron chi connectivity index (χ4n) is 5.15. The number of carbonyl (C=O) groups is 3. The Hall–Kier alpha value is -4.81. The van der Waals surface area contributed by atoms with E-state index in [1.807, 2.05) is 18.2 Å². The van der Waals surface area contributed by atoms with Crippen LogP contribution in [0.25, 0.3) is 11.3 Å². The van der Waals surface area contributed by atoms with Gasteiger partial charge in [-0.1, -0.05) is 72.5 Å². The first kappa shape index (κ1) is 28.3. The third-order valence-corrected chi connectivity index (χ3v) is 8.82. The number of benzene rings is 3. The lowest BCUT2D eigenvalue weighted by Gasteiger charge is -2.16. The number of nitrogens with zero attached hydrogens (tertiary/aromatic N) is 4. The minimum absolute atomic E-state index is 0.109. The number of carbonyl (C=O) groups excluding carboxylic acids is 3. The van der Waals surface area contributed by atoms with E-state index in [1.165, 1.54) is 26.6 Å². The Morgan fingerprint density at radius 1 is 0.907 bits per heavy atom. The topological polar surface area (TPSA) is 96.7 Å². The van der Waals surface area contributed by atoms with E-state index in [-0.39, 0.29) is 33.6 Å². The van der Waals surface area contributed by atoms with Gasteiger partial charge in [0, 0.05) is 12.6 Å². The molecule has 1 fully saturated rings. The van der Waals surface area contributed by atoms with Crippen LogP contribution in [0.1, 0.15) is 16.8 Å². The number of rotatable bonds is 6. The number of hydrogen-bond acceptors (Lipinski definition) is 6. The van der Waals surface area contributed by atoms with E-state index in [0.717, 1.165) is 11.8 Å². The summed E-state index contributed by atoms with van der Waals surface area (Å²) in [5.41, 5.74) is 2.70. The van der Waals surface area contributed by atoms with Crippen LogP contribution in [0.4, 0.5) is 15.8 Å². The second-order valence-corrected chi connectivity index (χ2v) is 11.6. The van der Waals surface area contributed by atoms with Crippen molar-refractivity contribution in [3.63, 3.8) is 0 Å². The Balaban J connectivity index is 1.27. The number of aromatic nitrogens is 2. The summed E-state index contributed by atoms with van der Waals surface area (Å²) < 4.78 is 16.7. The van der Waals surface area contributed by atoms with Crippen LogP contribution >= 0.6 is 24.0 Å². The Kier molecular flexibility index (Phi) is 7.32. The molecule has 6 rings (SSSR count). The first-order chi connectivity index (χ1) is 20.7. The van der Waals surface area contributed by atoms with Crippen molar-refractivity contribution in [2.75, 3.05) is 16.8 Å². The molecule has 0 saturated carbocycles. The number of hydrogen-bond donors (Lipinski definition) is 1. The number of para-hydroxylation sites is 2. The van der Waals surface area contributed by atoms with Crippen molar-refractivity contribution < 1.29 is 18.8 Å². The standard InChI is InChI=1S/C31H24FN5O4S2/c1-18-26(29(40)37(34(18)2)21-8-4-3-5-9-21)33-24(38)17-35-23-11-7-6-10-22(23)25(28(35)39)27-30(41)36(31(42)43-27)16-19-12-14-20(32)15-13-19/h3-15H,16-17H2,1-2H3,(H,33,38)/b27-25-. The Labute approximate surface area is 255 Å². The molecule has 0 aliphatic carbocycles. The lowest BCUT2D eigenvalue weighted by atomic mass is 10.1. The summed E-state index contributed by atoms with van der Waals surface area (Å²) in [5.74, 6) is -1.92. The van der Waals surface area contributed by atoms with Crippen LogP contribution < -0.4 is 15.8 Å². The zero-order valence-corrected chi connectivity index (χ0v) is 24.7. The van der Waals surface area contributed by atoms with Crippen molar-refractivity contribution in [3.05, 3.63) is 117 Å². The smallest absolute Gasteiger partial charge is 0.295 e. The minimum atomic E-state index is -0.570. The van der Waals surface area contributed by atoms with E-state index in [2.05, 4.69) is 5.32 Å². The second kappa shape index (κ2) is 11.1. The minimum Gasteiger partial charge on any atom is -0.318 e. The van der Waals surface area contributed by atoms with Crippen LogP contribution in [-0.2, 0) is 28.0 Å². The van der Waals surface area contributed by atoms with Gasteiger partial charge in [-0.15, -0.1) is 0 Å². The molecule has 3 amide bonds. The van der Waals surface area contributed by atoms with Crippen LogP contribution in [0, 0.1) is 12.7 Å². The molecule has 9 nitrogen and oxygen atoms in total. The van der Waals surface area contributed by atoms with Gasteiger partial charge in [-0.25, -0.2) is 9.07 Å². The number of thiocarbonyl (C=S) groups is 1. The maximum atomic E-state index is 13.8. The summed E-state index contributed by atoms with van der Waals surface area (Å²) in [6.45, 7) is 1.47. The average molecular weight is 614 g/mol. The zero-order chi connectivity index (χ0) is 30.4. The van der Waals surface area contributed by atoms with Gasteiger partial charge in [0.25, 0.3) is 17.4 Å². The normalized spacial score (nSPS) is 16.3. The van der Waals surface area contributed by atoms with Crippen molar-refractivity contribution in [1.82, 2.24) is 14.3 Å². The van der Waals surface area contributed by atoms with Crippen molar-refractivity contribution in [2.45, 2.75) is 13.5 Å². The fourth-order valence-corrected chi connectivity index (χ4v) is 6.48. The largest absolute Gasteiger partial charge is 0.318 e. The highest BCUT2D eigenvalue weighted by Gasteiger charge is 2.42. The highest BCUT2D eigenvalue weighted by molar-refractivity contribution is 8.26. The SMILES string of the molecule is Cc1c(NC(=O)CN2C(=O)/C(=C3\SC(=S)N(Cc4ccc(F)cc4)C3=O)c3ccccc32)c(=O)n(-c2ccccc2)n1C. The average Bonchev–Trinajstić information content (AvgIpc) is 3.51. The molecule has 2 aliphatic heterocycles. The van der Waals surface area contributed by atoms with Gasteiger partial charge >= 0.3 is 0 Å². The molecule has 12 heteroatoms. The third-order valence-electron chi connectivity index (χ3n) is 7.37. The van der Waals surface area contributed by atoms with E-state index in [9.17, 15) is 23.6 Å². The van der Waals surface area contributed by atoms with Crippen molar-refractivity contribution >= 4 is 63.0 Å². The predicted molar refractivity (Wildman–Crippen MR) is 167 cm³/mol. The number of halogens is 1. The molecule has 0 radical (unpaired) electrons. The van der Waals surface area contributed by atoms with Crippen LogP contribution in [-0.4, -0.2) is 42.9 Å². The summed E-state index contributed by atoms with van der Waals surface area (Å²) in [7, 11) is 1.72. The molecule has 3 aromatic carbocycles. The van der Waals surface area contributed by atoms with E-state index in [0.29, 0.717) is 28.2 Å². The molecule has 3 heterocycles. The molecule has 216 valence electrons. The maximum Gasteiger partial charge on any atom is 0.295 e. The maximum absolute atomic E-state index is 13.8. The highest BCUT2D eigenvalue weighted by atomic mass is 32.2. The summed E-state index contributed by atoms with van der Waals surface area (Å²) in [6.07, 6.45) is 0. The van der Waals surface area contributed by atoms with Gasteiger partial charge in [-0.2, -0.15) is 0 Å². The van der Waals surface area contributed by atoms with Gasteiger partial charge in [0.15, 0.2) is 0 Å². The fraction of sp³-hybridized carbons (Fsp3) is 0.129. The lowest BCUT2D eigenvalue weighted by molar-refractivity contribution is -0.122. The van der Waals surface area contributed by atoms with Crippen molar-refractivity contribution in [3.8, 4) is 5.69 Å². The number of nitrogens with one attached hydrogen (secondary N) is 1. The van der Waals surface area contributed by atoms with Crippen LogP contribution in [0.15, 0.2) is 88.6 Å². The van der Waals surface area contributed by atoms with Gasteiger partial charge in [-0.3, -0.25) is 33.7 Å². The van der Waals surface area contributed by atoms with Gasteiger partial charge < -0.3 is 5.32 Å². The molecule has 0 bridgehead atoms. The first-order valence-electron chi connectivity index (χ1n) is 13.2. The highest BCUT2D eigenvalue weighted by Crippen LogP contribution is 2.44. The van der Waals surface area contributed by atoms with E-state index in [1.54, 1.807) is 67.2 Å². The molecule has 1 saturated heterocycles. The van der Waals surface area contributed by atoms with Crippen molar-refractivity contribution in [1.29, 1.82) is 0 Å². The third kappa shape index (κ3) is 4.98. The van der Waals surface area contributed by atoms with E-state index >= 15 is 0 Å². The predicted octanol–water partition coefficient (Wildman–Crippen LogP) is 4.38.